The van der Waals surface area contributed by atoms with Gasteiger partial charge in [0.25, 0.3) is 0 Å². The summed E-state index contributed by atoms with van der Waals surface area (Å²) in [5, 5.41) is 0. The highest BCUT2D eigenvalue weighted by atomic mass is 16.5. The Balaban J connectivity index is 2.34. The van der Waals surface area contributed by atoms with Crippen molar-refractivity contribution in [2.75, 3.05) is 7.11 Å². The fraction of sp³-hybridized carbons (Fsp3) is 0.188. The molecule has 0 unspecified atom stereocenters. The van der Waals surface area contributed by atoms with Gasteiger partial charge in [-0.15, -0.1) is 0 Å². The summed E-state index contributed by atoms with van der Waals surface area (Å²) in [4.78, 5) is 11.3. The van der Waals surface area contributed by atoms with Gasteiger partial charge in [-0.3, -0.25) is 4.79 Å². The number of carbonyl (C=O) groups is 1. The molecule has 0 aliphatic heterocycles. The van der Waals surface area contributed by atoms with E-state index >= 15 is 0 Å². The second-order valence-corrected chi connectivity index (χ2v) is 4.17. The quantitative estimate of drug-likeness (QED) is 0.787. The van der Waals surface area contributed by atoms with Gasteiger partial charge in [0.2, 0.25) is 0 Å². The Bertz CT molecular complexity index is 532. The highest BCUT2D eigenvalue weighted by Crippen LogP contribution is 2.27. The van der Waals surface area contributed by atoms with E-state index in [4.69, 9.17) is 9.47 Å². The van der Waals surface area contributed by atoms with Gasteiger partial charge in [-0.25, -0.2) is 0 Å². The molecule has 98 valence electrons. The van der Waals surface area contributed by atoms with Crippen molar-refractivity contribution in [1.82, 2.24) is 0 Å². The Morgan fingerprint density at radius 3 is 2.05 bits per heavy atom. The molecule has 0 amide bonds. The lowest BCUT2D eigenvalue weighted by atomic mass is 10.0. The van der Waals surface area contributed by atoms with Gasteiger partial charge in [-0.2, -0.15) is 0 Å². The molecule has 2 aromatic carbocycles. The number of carbonyl (C=O) groups excluding carboxylic acids is 1. The normalized spacial score (nSPS) is 11.7. The number of benzene rings is 2. The molecular formula is C16H16O3. The van der Waals surface area contributed by atoms with Crippen molar-refractivity contribution < 1.29 is 14.3 Å². The van der Waals surface area contributed by atoms with Crippen LogP contribution in [0.2, 0.25) is 0 Å². The van der Waals surface area contributed by atoms with E-state index in [2.05, 4.69) is 0 Å². The molecule has 0 spiro atoms. The van der Waals surface area contributed by atoms with E-state index in [-0.39, 0.29) is 12.1 Å². The zero-order valence-corrected chi connectivity index (χ0v) is 11.0. The summed E-state index contributed by atoms with van der Waals surface area (Å²) in [7, 11) is 1.62. The van der Waals surface area contributed by atoms with Crippen LogP contribution < -0.4 is 4.74 Å². The molecule has 1 atom stereocenters. The van der Waals surface area contributed by atoms with E-state index in [1.807, 2.05) is 54.6 Å². The molecule has 19 heavy (non-hydrogen) atoms. The Morgan fingerprint density at radius 1 is 0.947 bits per heavy atom. The summed E-state index contributed by atoms with van der Waals surface area (Å²) >= 11 is 0. The van der Waals surface area contributed by atoms with Crippen molar-refractivity contribution in [1.29, 1.82) is 0 Å². The Labute approximate surface area is 112 Å². The van der Waals surface area contributed by atoms with Crippen molar-refractivity contribution in [3.8, 4) is 5.75 Å². The number of ether oxygens (including phenoxy) is 2. The molecule has 0 aliphatic rings. The largest absolute Gasteiger partial charge is 0.497 e. The van der Waals surface area contributed by atoms with Crippen LogP contribution >= 0.6 is 0 Å². The van der Waals surface area contributed by atoms with Crippen LogP contribution in [0.4, 0.5) is 0 Å². The highest BCUT2D eigenvalue weighted by molar-refractivity contribution is 5.66. The van der Waals surface area contributed by atoms with Gasteiger partial charge in [0.1, 0.15) is 5.75 Å². The first-order valence-corrected chi connectivity index (χ1v) is 6.07. The van der Waals surface area contributed by atoms with Crippen molar-refractivity contribution in [2.45, 2.75) is 13.0 Å². The maximum absolute atomic E-state index is 11.3. The maximum atomic E-state index is 11.3. The zero-order chi connectivity index (χ0) is 13.7. The Kier molecular flexibility index (Phi) is 4.18. The van der Waals surface area contributed by atoms with Crippen LogP contribution in [0.15, 0.2) is 54.6 Å². The first-order valence-electron chi connectivity index (χ1n) is 6.07. The average molecular weight is 256 g/mol. The van der Waals surface area contributed by atoms with E-state index < -0.39 is 0 Å². The van der Waals surface area contributed by atoms with Crippen LogP contribution in [0.25, 0.3) is 0 Å². The molecule has 2 aromatic rings. The summed E-state index contributed by atoms with van der Waals surface area (Å²) in [5.74, 6) is 0.475. The average Bonchev–Trinajstić information content (AvgIpc) is 2.46. The Hall–Kier alpha value is -2.29. The molecule has 2 rings (SSSR count). The van der Waals surface area contributed by atoms with Gasteiger partial charge >= 0.3 is 5.97 Å². The van der Waals surface area contributed by atoms with Gasteiger partial charge in [-0.05, 0) is 23.3 Å². The van der Waals surface area contributed by atoms with Crippen molar-refractivity contribution in [3.05, 3.63) is 65.7 Å². The minimum atomic E-state index is -0.385. The van der Waals surface area contributed by atoms with Crippen LogP contribution in [0.3, 0.4) is 0 Å². The van der Waals surface area contributed by atoms with Crippen LogP contribution in [-0.2, 0) is 9.53 Å². The number of rotatable bonds is 4. The third-order valence-corrected chi connectivity index (χ3v) is 2.80. The van der Waals surface area contributed by atoms with E-state index in [9.17, 15) is 4.79 Å². The third kappa shape index (κ3) is 3.35. The lowest BCUT2D eigenvalue weighted by Crippen LogP contribution is -2.09. The zero-order valence-electron chi connectivity index (χ0n) is 11.0. The van der Waals surface area contributed by atoms with E-state index in [1.54, 1.807) is 7.11 Å². The number of esters is 1. The Morgan fingerprint density at radius 2 is 1.53 bits per heavy atom. The summed E-state index contributed by atoms with van der Waals surface area (Å²) in [6.07, 6.45) is -0.385. The minimum Gasteiger partial charge on any atom is -0.497 e. The second-order valence-electron chi connectivity index (χ2n) is 4.17. The van der Waals surface area contributed by atoms with Crippen LogP contribution in [0, 0.1) is 0 Å². The molecule has 0 heterocycles. The summed E-state index contributed by atoms with van der Waals surface area (Å²) in [6, 6.07) is 17.2. The minimum absolute atomic E-state index is 0.301. The predicted molar refractivity (Wildman–Crippen MR) is 73.0 cm³/mol. The topological polar surface area (TPSA) is 35.5 Å². The molecule has 0 fully saturated rings. The molecule has 0 saturated heterocycles. The first-order chi connectivity index (χ1) is 9.20. The number of methoxy groups -OCH3 is 1. The van der Waals surface area contributed by atoms with Crippen LogP contribution in [-0.4, -0.2) is 13.1 Å². The molecule has 3 nitrogen and oxygen atoms in total. The molecule has 0 aliphatic carbocycles. The predicted octanol–water partition coefficient (Wildman–Crippen LogP) is 3.35. The fourth-order valence-electron chi connectivity index (χ4n) is 1.90. The van der Waals surface area contributed by atoms with Crippen molar-refractivity contribution >= 4 is 5.97 Å². The smallest absolute Gasteiger partial charge is 0.303 e. The van der Waals surface area contributed by atoms with Gasteiger partial charge in [0.15, 0.2) is 6.10 Å². The fourth-order valence-corrected chi connectivity index (χ4v) is 1.90. The van der Waals surface area contributed by atoms with Gasteiger partial charge < -0.3 is 9.47 Å². The molecule has 0 radical (unpaired) electrons. The van der Waals surface area contributed by atoms with Crippen molar-refractivity contribution in [3.63, 3.8) is 0 Å². The standard InChI is InChI=1S/C16H16O3/c1-12(17)19-16(13-6-4-3-5-7-13)14-8-10-15(18-2)11-9-14/h3-11,16H,1-2H3/t16-/m1/s1. The van der Waals surface area contributed by atoms with E-state index in [1.165, 1.54) is 6.92 Å². The van der Waals surface area contributed by atoms with Gasteiger partial charge in [0.05, 0.1) is 7.11 Å². The van der Waals surface area contributed by atoms with Gasteiger partial charge in [-0.1, -0.05) is 42.5 Å². The van der Waals surface area contributed by atoms with E-state index in [0.29, 0.717) is 0 Å². The molecule has 0 aromatic heterocycles. The molecule has 0 bridgehead atoms. The van der Waals surface area contributed by atoms with E-state index in [0.717, 1.165) is 16.9 Å². The number of hydrogen-bond donors (Lipinski definition) is 0. The summed E-state index contributed by atoms with van der Waals surface area (Å²) in [5.41, 5.74) is 1.87. The molecule has 0 saturated carbocycles. The monoisotopic (exact) mass is 256 g/mol. The second kappa shape index (κ2) is 6.05. The maximum Gasteiger partial charge on any atom is 0.303 e. The lowest BCUT2D eigenvalue weighted by molar-refractivity contribution is -0.144. The first kappa shape index (κ1) is 13.1. The van der Waals surface area contributed by atoms with Crippen LogP contribution in [0.1, 0.15) is 24.2 Å². The molecule has 3 heteroatoms. The lowest BCUT2D eigenvalue weighted by Gasteiger charge is -2.18. The van der Waals surface area contributed by atoms with Crippen molar-refractivity contribution in [2.24, 2.45) is 0 Å². The van der Waals surface area contributed by atoms with Crippen LogP contribution in [0.5, 0.6) is 5.75 Å². The highest BCUT2D eigenvalue weighted by Gasteiger charge is 2.16. The third-order valence-electron chi connectivity index (χ3n) is 2.80. The van der Waals surface area contributed by atoms with Gasteiger partial charge in [0, 0.05) is 6.92 Å². The number of hydrogen-bond acceptors (Lipinski definition) is 3. The molecule has 0 N–H and O–H groups in total. The summed E-state index contributed by atoms with van der Waals surface area (Å²) in [6.45, 7) is 1.42. The molecular weight excluding hydrogens is 240 g/mol. The summed E-state index contributed by atoms with van der Waals surface area (Å²) < 4.78 is 10.5. The SMILES string of the molecule is COc1ccc([C@H](OC(C)=O)c2ccccc2)cc1.